The molecule has 1 unspecified atom stereocenters. The molecule has 150 valence electrons. The van der Waals surface area contributed by atoms with Crippen LogP contribution >= 0.6 is 0 Å². The molecular formula is C20H29F3N4. The zero-order chi connectivity index (χ0) is 19.3. The summed E-state index contributed by atoms with van der Waals surface area (Å²) < 4.78 is 37.7. The van der Waals surface area contributed by atoms with Crippen LogP contribution in [-0.2, 0) is 6.42 Å². The van der Waals surface area contributed by atoms with Gasteiger partial charge in [0, 0.05) is 39.3 Å². The number of piperidine rings is 1. The second-order valence-corrected chi connectivity index (χ2v) is 7.65. The Balaban J connectivity index is 1.44. The van der Waals surface area contributed by atoms with Crippen LogP contribution in [0.25, 0.3) is 0 Å². The van der Waals surface area contributed by atoms with E-state index >= 15 is 0 Å². The van der Waals surface area contributed by atoms with Crippen molar-refractivity contribution >= 4 is 5.96 Å². The van der Waals surface area contributed by atoms with Crippen LogP contribution in [0.3, 0.4) is 0 Å². The van der Waals surface area contributed by atoms with Crippen LogP contribution in [0, 0.1) is 5.92 Å². The molecule has 2 aliphatic rings. The maximum atomic E-state index is 12.6. The summed E-state index contributed by atoms with van der Waals surface area (Å²) in [7, 11) is 1.75. The van der Waals surface area contributed by atoms with E-state index in [1.54, 1.807) is 7.05 Å². The van der Waals surface area contributed by atoms with Gasteiger partial charge in [0.1, 0.15) is 0 Å². The maximum absolute atomic E-state index is 12.6. The number of hydrogen-bond acceptors (Lipinski definition) is 2. The minimum atomic E-state index is -4.13. The molecular weight excluding hydrogens is 353 g/mol. The number of likely N-dealkylation sites (tertiary alicyclic amines) is 2. The molecule has 2 heterocycles. The fourth-order valence-corrected chi connectivity index (χ4v) is 4.12. The maximum Gasteiger partial charge on any atom is 0.401 e. The Bertz CT molecular complexity index is 609. The van der Waals surface area contributed by atoms with Crippen LogP contribution in [-0.4, -0.2) is 67.7 Å². The van der Waals surface area contributed by atoms with Crippen LogP contribution in [0.4, 0.5) is 13.2 Å². The second kappa shape index (κ2) is 8.95. The highest BCUT2D eigenvalue weighted by Crippen LogP contribution is 2.23. The number of nitrogens with zero attached hydrogens (tertiary/aromatic N) is 3. The third-order valence-electron chi connectivity index (χ3n) is 5.50. The number of alkyl halides is 3. The van der Waals surface area contributed by atoms with Crippen molar-refractivity contribution in [2.45, 2.75) is 37.9 Å². The Morgan fingerprint density at radius 2 is 1.81 bits per heavy atom. The average Bonchev–Trinajstić information content (AvgIpc) is 3.06. The molecule has 0 aromatic heterocycles. The van der Waals surface area contributed by atoms with Crippen molar-refractivity contribution in [3.05, 3.63) is 35.9 Å². The van der Waals surface area contributed by atoms with E-state index in [0.29, 0.717) is 19.0 Å². The van der Waals surface area contributed by atoms with Crippen molar-refractivity contribution in [1.29, 1.82) is 0 Å². The Morgan fingerprint density at radius 1 is 1.11 bits per heavy atom. The number of halogens is 3. The highest BCUT2D eigenvalue weighted by atomic mass is 19.4. The fraction of sp³-hybridized carbons (Fsp3) is 0.650. The number of nitrogens with one attached hydrogen (secondary N) is 1. The zero-order valence-electron chi connectivity index (χ0n) is 15.9. The zero-order valence-corrected chi connectivity index (χ0v) is 15.9. The first kappa shape index (κ1) is 20.0. The Hall–Kier alpha value is -1.76. The third-order valence-corrected chi connectivity index (χ3v) is 5.50. The van der Waals surface area contributed by atoms with Gasteiger partial charge in [0.15, 0.2) is 5.96 Å². The van der Waals surface area contributed by atoms with Gasteiger partial charge in [-0.1, -0.05) is 30.3 Å². The fourth-order valence-electron chi connectivity index (χ4n) is 4.12. The number of aliphatic imine (C=N–C) groups is 1. The highest BCUT2D eigenvalue weighted by Gasteiger charge is 2.35. The molecule has 3 rings (SSSR count). The minimum absolute atomic E-state index is 0.0353. The standard InChI is InChI=1S/C20H29F3N4/c1-24-19(25-18-9-10-26(14-18)15-20(21,22)23)27-11-7-17(8-12-27)13-16-5-3-2-4-6-16/h2-6,17-18H,7-15H2,1H3,(H,24,25). The summed E-state index contributed by atoms with van der Waals surface area (Å²) in [5.41, 5.74) is 1.38. The van der Waals surface area contributed by atoms with Crippen molar-refractivity contribution in [3.8, 4) is 0 Å². The summed E-state index contributed by atoms with van der Waals surface area (Å²) in [6.45, 7) is 1.96. The van der Waals surface area contributed by atoms with Gasteiger partial charge in [-0.15, -0.1) is 0 Å². The normalized spacial score (nSPS) is 23.0. The summed E-state index contributed by atoms with van der Waals surface area (Å²) >= 11 is 0. The van der Waals surface area contributed by atoms with Crippen LogP contribution in [0.1, 0.15) is 24.8 Å². The number of rotatable bonds is 4. The molecule has 0 spiro atoms. The average molecular weight is 382 g/mol. The molecule has 1 N–H and O–H groups in total. The van der Waals surface area contributed by atoms with Gasteiger partial charge >= 0.3 is 6.18 Å². The Kier molecular flexibility index (Phi) is 6.63. The van der Waals surface area contributed by atoms with Crippen molar-refractivity contribution in [3.63, 3.8) is 0 Å². The van der Waals surface area contributed by atoms with Gasteiger partial charge in [-0.05, 0) is 37.2 Å². The van der Waals surface area contributed by atoms with Gasteiger partial charge in [-0.3, -0.25) is 9.89 Å². The molecule has 4 nitrogen and oxygen atoms in total. The predicted molar refractivity (Wildman–Crippen MR) is 102 cm³/mol. The Labute approximate surface area is 159 Å². The van der Waals surface area contributed by atoms with Crippen LogP contribution in [0.2, 0.25) is 0 Å². The topological polar surface area (TPSA) is 30.9 Å². The van der Waals surface area contributed by atoms with Crippen molar-refractivity contribution in [1.82, 2.24) is 15.1 Å². The summed E-state index contributed by atoms with van der Waals surface area (Å²) in [6, 6.07) is 10.6. The lowest BCUT2D eigenvalue weighted by Crippen LogP contribution is -2.50. The second-order valence-electron chi connectivity index (χ2n) is 7.65. The van der Waals surface area contributed by atoms with E-state index in [1.165, 1.54) is 10.5 Å². The Morgan fingerprint density at radius 3 is 2.44 bits per heavy atom. The molecule has 2 saturated heterocycles. The van der Waals surface area contributed by atoms with Crippen LogP contribution in [0.5, 0.6) is 0 Å². The third kappa shape index (κ3) is 6.13. The van der Waals surface area contributed by atoms with E-state index in [4.69, 9.17) is 0 Å². The number of hydrogen-bond donors (Lipinski definition) is 1. The molecule has 2 fully saturated rings. The van der Waals surface area contributed by atoms with E-state index in [0.717, 1.165) is 44.7 Å². The van der Waals surface area contributed by atoms with Gasteiger partial charge in [0.2, 0.25) is 0 Å². The molecule has 2 aliphatic heterocycles. The molecule has 0 bridgehead atoms. The molecule has 0 radical (unpaired) electrons. The lowest BCUT2D eigenvalue weighted by Gasteiger charge is -2.35. The largest absolute Gasteiger partial charge is 0.401 e. The quantitative estimate of drug-likeness (QED) is 0.641. The molecule has 1 aromatic rings. The summed E-state index contributed by atoms with van der Waals surface area (Å²) in [5, 5.41) is 3.38. The summed E-state index contributed by atoms with van der Waals surface area (Å²) in [6.07, 6.45) is -0.0760. The molecule has 1 atom stereocenters. The van der Waals surface area contributed by atoms with Crippen LogP contribution < -0.4 is 5.32 Å². The first-order valence-electron chi connectivity index (χ1n) is 9.74. The summed E-state index contributed by atoms with van der Waals surface area (Å²) in [4.78, 5) is 8.09. The molecule has 1 aromatic carbocycles. The van der Waals surface area contributed by atoms with E-state index in [2.05, 4.69) is 39.5 Å². The van der Waals surface area contributed by atoms with Gasteiger partial charge in [-0.25, -0.2) is 0 Å². The van der Waals surface area contributed by atoms with Crippen LogP contribution in [0.15, 0.2) is 35.3 Å². The van der Waals surface area contributed by atoms with E-state index in [9.17, 15) is 13.2 Å². The van der Waals surface area contributed by atoms with Gasteiger partial charge in [0.25, 0.3) is 0 Å². The molecule has 7 heteroatoms. The molecule has 0 amide bonds. The predicted octanol–water partition coefficient (Wildman–Crippen LogP) is 3.15. The molecule has 0 saturated carbocycles. The van der Waals surface area contributed by atoms with Gasteiger partial charge in [0.05, 0.1) is 6.54 Å². The number of benzene rings is 1. The monoisotopic (exact) mass is 382 g/mol. The summed E-state index contributed by atoms with van der Waals surface area (Å²) in [5.74, 6) is 1.50. The smallest absolute Gasteiger partial charge is 0.352 e. The van der Waals surface area contributed by atoms with Crippen molar-refractivity contribution in [2.24, 2.45) is 10.9 Å². The minimum Gasteiger partial charge on any atom is -0.352 e. The first-order valence-corrected chi connectivity index (χ1v) is 9.74. The van der Waals surface area contributed by atoms with E-state index in [1.807, 2.05) is 6.07 Å². The van der Waals surface area contributed by atoms with E-state index in [-0.39, 0.29) is 6.04 Å². The first-order chi connectivity index (χ1) is 12.9. The van der Waals surface area contributed by atoms with E-state index < -0.39 is 12.7 Å². The highest BCUT2D eigenvalue weighted by molar-refractivity contribution is 5.80. The lowest BCUT2D eigenvalue weighted by molar-refractivity contribution is -0.143. The molecule has 27 heavy (non-hydrogen) atoms. The van der Waals surface area contributed by atoms with Gasteiger partial charge in [-0.2, -0.15) is 13.2 Å². The molecule has 0 aliphatic carbocycles. The van der Waals surface area contributed by atoms with Crippen molar-refractivity contribution in [2.75, 3.05) is 39.8 Å². The number of guanidine groups is 1. The van der Waals surface area contributed by atoms with Crippen molar-refractivity contribution < 1.29 is 13.2 Å². The van der Waals surface area contributed by atoms with Gasteiger partial charge < -0.3 is 10.2 Å². The lowest BCUT2D eigenvalue weighted by atomic mass is 9.90. The SMILES string of the molecule is CN=C(NC1CCN(CC(F)(F)F)C1)N1CCC(Cc2ccccc2)CC1.